The molecule has 0 spiro atoms. The molecule has 8 nitrogen and oxygen atoms in total. The summed E-state index contributed by atoms with van der Waals surface area (Å²) in [7, 11) is -3.48. The van der Waals surface area contributed by atoms with Crippen molar-refractivity contribution >= 4 is 21.8 Å². The summed E-state index contributed by atoms with van der Waals surface area (Å²) < 4.78 is 26.9. The number of carboxylic acids is 1. The summed E-state index contributed by atoms with van der Waals surface area (Å²) in [6.45, 7) is 2.74. The molecule has 9 heteroatoms. The molecular formula is C17H20N4O4S. The first-order valence-corrected chi connectivity index (χ1v) is 9.69. The van der Waals surface area contributed by atoms with Crippen molar-refractivity contribution in [1.29, 1.82) is 0 Å². The number of carbonyl (C=O) groups is 1. The second-order valence-corrected chi connectivity index (χ2v) is 8.17. The van der Waals surface area contributed by atoms with Gasteiger partial charge in [-0.05, 0) is 31.9 Å². The zero-order chi connectivity index (χ0) is 18.7. The van der Waals surface area contributed by atoms with E-state index in [4.69, 9.17) is 5.11 Å². The summed E-state index contributed by atoms with van der Waals surface area (Å²) in [5, 5.41) is 12.0. The number of nitrogens with one attached hydrogen (secondary N) is 1. The number of hydrogen-bond acceptors (Lipinski definition) is 6. The van der Waals surface area contributed by atoms with Crippen LogP contribution in [0.25, 0.3) is 0 Å². The Bertz CT molecular complexity index is 874. The number of rotatable bonds is 5. The molecule has 1 aliphatic heterocycles. The van der Waals surface area contributed by atoms with E-state index < -0.39 is 16.0 Å². The number of anilines is 1. The minimum Gasteiger partial charge on any atom is -0.476 e. The van der Waals surface area contributed by atoms with Crippen LogP contribution in [-0.2, 0) is 10.0 Å². The predicted molar refractivity (Wildman–Crippen MR) is 95.6 cm³/mol. The Morgan fingerprint density at radius 2 is 1.81 bits per heavy atom. The number of aryl methyl sites for hydroxylation is 1. The van der Waals surface area contributed by atoms with Crippen molar-refractivity contribution in [2.75, 3.05) is 18.4 Å². The smallest absolute Gasteiger partial charge is 0.356 e. The third-order valence-corrected chi connectivity index (χ3v) is 6.25. The molecule has 0 unspecified atom stereocenters. The van der Waals surface area contributed by atoms with Crippen LogP contribution in [0.4, 0.5) is 5.82 Å². The third-order valence-electron chi connectivity index (χ3n) is 4.34. The van der Waals surface area contributed by atoms with Crippen LogP contribution in [0.3, 0.4) is 0 Å². The highest BCUT2D eigenvalue weighted by atomic mass is 32.2. The van der Waals surface area contributed by atoms with E-state index in [0.29, 0.717) is 36.6 Å². The fraction of sp³-hybridized carbons (Fsp3) is 0.353. The molecule has 0 aliphatic carbocycles. The predicted octanol–water partition coefficient (Wildman–Crippen LogP) is 1.75. The molecule has 0 saturated carbocycles. The van der Waals surface area contributed by atoms with Crippen molar-refractivity contribution in [1.82, 2.24) is 14.3 Å². The maximum Gasteiger partial charge on any atom is 0.356 e. The number of carboxylic acid groups (broad SMARTS) is 1. The van der Waals surface area contributed by atoms with Crippen molar-refractivity contribution in [3.05, 3.63) is 47.9 Å². The van der Waals surface area contributed by atoms with Gasteiger partial charge in [0.15, 0.2) is 5.69 Å². The summed E-state index contributed by atoms with van der Waals surface area (Å²) in [6, 6.07) is 6.91. The van der Waals surface area contributed by atoms with Crippen molar-refractivity contribution in [2.24, 2.45) is 0 Å². The van der Waals surface area contributed by atoms with Crippen LogP contribution in [-0.4, -0.2) is 52.9 Å². The second-order valence-electron chi connectivity index (χ2n) is 6.23. The number of nitrogens with zero attached hydrogens (tertiary/aromatic N) is 3. The Balaban J connectivity index is 1.60. The van der Waals surface area contributed by atoms with Gasteiger partial charge < -0.3 is 10.4 Å². The first-order valence-electron chi connectivity index (χ1n) is 8.25. The second kappa shape index (κ2) is 7.38. The lowest BCUT2D eigenvalue weighted by Gasteiger charge is -2.31. The maximum atomic E-state index is 12.7. The largest absolute Gasteiger partial charge is 0.476 e. The molecule has 26 heavy (non-hydrogen) atoms. The molecule has 138 valence electrons. The summed E-state index contributed by atoms with van der Waals surface area (Å²) in [6.07, 6.45) is 3.83. The monoisotopic (exact) mass is 376 g/mol. The lowest BCUT2D eigenvalue weighted by atomic mass is 10.1. The number of piperidine rings is 1. The highest BCUT2D eigenvalue weighted by molar-refractivity contribution is 7.89. The number of hydrogen-bond donors (Lipinski definition) is 2. The topological polar surface area (TPSA) is 112 Å². The molecule has 1 saturated heterocycles. The lowest BCUT2D eigenvalue weighted by Crippen LogP contribution is -2.42. The van der Waals surface area contributed by atoms with Gasteiger partial charge in [-0.2, -0.15) is 4.31 Å². The van der Waals surface area contributed by atoms with Crippen LogP contribution in [0.1, 0.15) is 28.9 Å². The molecule has 1 aliphatic rings. The Labute approximate surface area is 152 Å². The molecule has 1 aromatic heterocycles. The lowest BCUT2D eigenvalue weighted by molar-refractivity contribution is 0.0690. The maximum absolute atomic E-state index is 12.7. The van der Waals surface area contributed by atoms with Crippen molar-refractivity contribution < 1.29 is 18.3 Å². The SMILES string of the molecule is Cc1ccc(S(=O)(=O)N2CCC(Nc3cnc(C(=O)O)cn3)CC2)cc1. The molecule has 1 fully saturated rings. The highest BCUT2D eigenvalue weighted by Gasteiger charge is 2.29. The van der Waals surface area contributed by atoms with Crippen LogP contribution in [0.5, 0.6) is 0 Å². The van der Waals surface area contributed by atoms with Crippen LogP contribution in [0.2, 0.25) is 0 Å². The molecule has 0 atom stereocenters. The van der Waals surface area contributed by atoms with Crippen LogP contribution in [0.15, 0.2) is 41.6 Å². The molecule has 1 aromatic carbocycles. The van der Waals surface area contributed by atoms with E-state index in [1.54, 1.807) is 24.3 Å². The van der Waals surface area contributed by atoms with Gasteiger partial charge >= 0.3 is 5.97 Å². The molecule has 2 N–H and O–H groups in total. The van der Waals surface area contributed by atoms with Gasteiger partial charge in [0.1, 0.15) is 5.82 Å². The first-order chi connectivity index (χ1) is 12.4. The Kier molecular flexibility index (Phi) is 5.19. The normalized spacial score (nSPS) is 16.3. The zero-order valence-corrected chi connectivity index (χ0v) is 15.1. The Morgan fingerprint density at radius 3 is 2.35 bits per heavy atom. The number of aromatic carboxylic acids is 1. The van der Waals surface area contributed by atoms with E-state index in [-0.39, 0.29) is 11.7 Å². The van der Waals surface area contributed by atoms with E-state index in [1.807, 2.05) is 6.92 Å². The van der Waals surface area contributed by atoms with Gasteiger partial charge in [0.25, 0.3) is 0 Å². The summed E-state index contributed by atoms with van der Waals surface area (Å²) in [5.41, 5.74) is 0.899. The van der Waals surface area contributed by atoms with Crippen molar-refractivity contribution in [3.8, 4) is 0 Å². The van der Waals surface area contributed by atoms with Crippen LogP contribution >= 0.6 is 0 Å². The average Bonchev–Trinajstić information content (AvgIpc) is 2.63. The van der Waals surface area contributed by atoms with E-state index in [0.717, 1.165) is 5.56 Å². The van der Waals surface area contributed by atoms with Gasteiger partial charge in [0, 0.05) is 19.1 Å². The number of sulfonamides is 1. The van der Waals surface area contributed by atoms with Crippen LogP contribution in [0, 0.1) is 6.92 Å². The van der Waals surface area contributed by atoms with E-state index in [2.05, 4.69) is 15.3 Å². The quantitative estimate of drug-likeness (QED) is 0.817. The van der Waals surface area contributed by atoms with Gasteiger partial charge in [-0.15, -0.1) is 0 Å². The van der Waals surface area contributed by atoms with Gasteiger partial charge in [-0.3, -0.25) is 0 Å². The summed E-state index contributed by atoms with van der Waals surface area (Å²) >= 11 is 0. The van der Waals surface area contributed by atoms with Crippen molar-refractivity contribution in [2.45, 2.75) is 30.7 Å². The minimum atomic E-state index is -3.48. The van der Waals surface area contributed by atoms with Gasteiger partial charge in [-0.1, -0.05) is 17.7 Å². The van der Waals surface area contributed by atoms with Crippen molar-refractivity contribution in [3.63, 3.8) is 0 Å². The first kappa shape index (κ1) is 18.3. The average molecular weight is 376 g/mol. The standard InChI is InChI=1S/C17H20N4O4S/c1-12-2-4-14(5-3-12)26(24,25)21-8-6-13(7-9-21)20-16-11-18-15(10-19-16)17(22)23/h2-5,10-11,13H,6-9H2,1H3,(H,19,20)(H,22,23). The highest BCUT2D eigenvalue weighted by Crippen LogP contribution is 2.22. The zero-order valence-electron chi connectivity index (χ0n) is 14.3. The molecule has 0 bridgehead atoms. The van der Waals surface area contributed by atoms with E-state index in [1.165, 1.54) is 16.7 Å². The van der Waals surface area contributed by atoms with Crippen LogP contribution < -0.4 is 5.32 Å². The molecule has 2 aromatic rings. The fourth-order valence-electron chi connectivity index (χ4n) is 2.82. The summed E-state index contributed by atoms with van der Waals surface area (Å²) in [4.78, 5) is 18.9. The fourth-order valence-corrected chi connectivity index (χ4v) is 4.29. The van der Waals surface area contributed by atoms with E-state index >= 15 is 0 Å². The van der Waals surface area contributed by atoms with E-state index in [9.17, 15) is 13.2 Å². The van der Waals surface area contributed by atoms with Gasteiger partial charge in [-0.25, -0.2) is 23.2 Å². The number of benzene rings is 1. The summed E-state index contributed by atoms with van der Waals surface area (Å²) in [5.74, 6) is -0.645. The minimum absolute atomic E-state index is 0.0597. The molecule has 3 rings (SSSR count). The van der Waals surface area contributed by atoms with Gasteiger partial charge in [0.2, 0.25) is 10.0 Å². The Hall–Kier alpha value is -2.52. The van der Waals surface area contributed by atoms with Gasteiger partial charge in [0.05, 0.1) is 17.3 Å². The molecule has 0 radical (unpaired) electrons. The number of aromatic nitrogens is 2. The molecular weight excluding hydrogens is 356 g/mol. The molecule has 0 amide bonds. The Morgan fingerprint density at radius 1 is 1.15 bits per heavy atom. The molecule has 2 heterocycles. The third kappa shape index (κ3) is 4.00.